The summed E-state index contributed by atoms with van der Waals surface area (Å²) >= 11 is 0. The molecule has 1 aromatic carbocycles. The quantitative estimate of drug-likeness (QED) is 0.440. The highest BCUT2D eigenvalue weighted by Gasteiger charge is 2.27. The number of nitrogen functional groups attached to an aromatic ring is 1. The van der Waals surface area contributed by atoms with Crippen molar-refractivity contribution < 1.29 is 9.59 Å². The molecule has 4 heterocycles. The second kappa shape index (κ2) is 8.40. The molecule has 0 spiro atoms. The molecule has 1 aliphatic rings. The fourth-order valence-electron chi connectivity index (χ4n) is 3.99. The molecule has 0 bridgehead atoms. The molecular weight excluding hydrogens is 420 g/mol. The van der Waals surface area contributed by atoms with Crippen LogP contribution in [-0.2, 0) is 7.05 Å². The molecule has 0 atom stereocenters. The van der Waals surface area contributed by atoms with Crippen molar-refractivity contribution in [2.75, 3.05) is 37.2 Å². The van der Waals surface area contributed by atoms with E-state index in [1.54, 1.807) is 24.2 Å². The van der Waals surface area contributed by atoms with Gasteiger partial charge in [-0.3, -0.25) is 14.3 Å². The summed E-state index contributed by atoms with van der Waals surface area (Å²) in [6, 6.07) is 11.5. The maximum Gasteiger partial charge on any atom is 0.274 e. The van der Waals surface area contributed by atoms with Crippen molar-refractivity contribution in [2.45, 2.75) is 0 Å². The summed E-state index contributed by atoms with van der Waals surface area (Å²) in [4.78, 5) is 32.6. The highest BCUT2D eigenvalue weighted by Crippen LogP contribution is 2.25. The Morgan fingerprint density at radius 3 is 2.64 bits per heavy atom. The van der Waals surface area contributed by atoms with Crippen molar-refractivity contribution in [1.82, 2.24) is 29.4 Å². The molecule has 2 amide bonds. The second-order valence-electron chi connectivity index (χ2n) is 7.93. The van der Waals surface area contributed by atoms with Crippen LogP contribution in [0.3, 0.4) is 0 Å². The van der Waals surface area contributed by atoms with Crippen molar-refractivity contribution in [3.8, 4) is 11.3 Å². The van der Waals surface area contributed by atoms with Crippen molar-refractivity contribution >= 4 is 28.8 Å². The number of aryl methyl sites for hydroxylation is 1. The molecular formula is C23H24N8O2. The molecule has 1 fully saturated rings. The van der Waals surface area contributed by atoms with Crippen LogP contribution in [0.25, 0.3) is 16.9 Å². The first kappa shape index (κ1) is 20.7. The summed E-state index contributed by atoms with van der Waals surface area (Å²) in [7, 11) is 1.64. The molecule has 0 saturated carbocycles. The van der Waals surface area contributed by atoms with Crippen LogP contribution in [-0.4, -0.2) is 62.1 Å². The third-order valence-electron chi connectivity index (χ3n) is 5.73. The Morgan fingerprint density at radius 2 is 1.88 bits per heavy atom. The zero-order valence-corrected chi connectivity index (χ0v) is 18.2. The van der Waals surface area contributed by atoms with E-state index in [0.29, 0.717) is 30.1 Å². The monoisotopic (exact) mass is 444 g/mol. The minimum Gasteiger partial charge on any atom is -0.396 e. The Kier molecular flexibility index (Phi) is 5.27. The number of rotatable bonds is 4. The maximum atomic E-state index is 13.2. The molecule has 10 nitrogen and oxygen atoms in total. The van der Waals surface area contributed by atoms with E-state index < -0.39 is 5.91 Å². The number of pyridine rings is 1. The molecule has 0 unspecified atom stereocenters. The lowest BCUT2D eigenvalue weighted by molar-refractivity contribution is 0.0731. The van der Waals surface area contributed by atoms with Crippen LogP contribution in [0, 0.1) is 0 Å². The van der Waals surface area contributed by atoms with Crippen LogP contribution in [0.4, 0.5) is 11.4 Å². The molecule has 33 heavy (non-hydrogen) atoms. The number of nitrogens with two attached hydrogens (primary N) is 1. The average Bonchev–Trinajstić information content (AvgIpc) is 3.43. The Hall–Kier alpha value is -4.18. The van der Waals surface area contributed by atoms with Gasteiger partial charge in [-0.15, -0.1) is 0 Å². The van der Waals surface area contributed by atoms with E-state index in [2.05, 4.69) is 20.7 Å². The van der Waals surface area contributed by atoms with Gasteiger partial charge in [0.05, 0.1) is 28.8 Å². The lowest BCUT2D eigenvalue weighted by atomic mass is 10.2. The zero-order chi connectivity index (χ0) is 22.9. The number of carbonyl (C=O) groups excluding carboxylic acids is 2. The number of benzene rings is 1. The van der Waals surface area contributed by atoms with Gasteiger partial charge in [-0.2, -0.15) is 5.10 Å². The molecule has 4 N–H and O–H groups in total. The molecule has 10 heteroatoms. The number of amides is 2. The predicted octanol–water partition coefficient (Wildman–Crippen LogP) is 1.61. The highest BCUT2D eigenvalue weighted by molar-refractivity contribution is 6.12. The van der Waals surface area contributed by atoms with Crippen LogP contribution in [0.5, 0.6) is 0 Å². The third-order valence-corrected chi connectivity index (χ3v) is 5.73. The number of imidazole rings is 1. The van der Waals surface area contributed by atoms with Crippen molar-refractivity contribution in [2.24, 2.45) is 7.05 Å². The van der Waals surface area contributed by atoms with Gasteiger partial charge in [0.15, 0.2) is 0 Å². The van der Waals surface area contributed by atoms with Crippen molar-refractivity contribution in [1.29, 1.82) is 0 Å². The summed E-state index contributed by atoms with van der Waals surface area (Å²) in [6.45, 7) is 2.61. The standard InChI is InChI=1S/C23H24N8O2/c1-29-21(16(12-26-29)23(33)30-9-7-25-8-10-30)22(32)28-18-11-20-27-19(14-31(20)13-17(18)24)15-5-3-2-4-6-15/h2-6,11-14,25H,7-10,24H2,1H3,(H,28,32). The number of fused-ring (bicyclic) bond motifs is 1. The Morgan fingerprint density at radius 1 is 1.12 bits per heavy atom. The number of hydrogen-bond donors (Lipinski definition) is 3. The topological polar surface area (TPSA) is 123 Å². The van der Waals surface area contributed by atoms with Gasteiger partial charge in [0.1, 0.15) is 11.3 Å². The maximum absolute atomic E-state index is 13.2. The molecule has 5 rings (SSSR count). The Balaban J connectivity index is 1.43. The summed E-state index contributed by atoms with van der Waals surface area (Å²) < 4.78 is 3.22. The molecule has 1 saturated heterocycles. The van der Waals surface area contributed by atoms with Gasteiger partial charge < -0.3 is 25.7 Å². The van der Waals surface area contributed by atoms with E-state index in [1.807, 2.05) is 40.9 Å². The molecule has 1 aliphatic heterocycles. The summed E-state index contributed by atoms with van der Waals surface area (Å²) in [5, 5.41) is 10.2. The minimum atomic E-state index is -0.459. The van der Waals surface area contributed by atoms with Crippen LogP contribution in [0.1, 0.15) is 20.8 Å². The van der Waals surface area contributed by atoms with Crippen LogP contribution >= 0.6 is 0 Å². The number of aromatic nitrogens is 4. The van der Waals surface area contributed by atoms with E-state index in [9.17, 15) is 9.59 Å². The SMILES string of the molecule is Cn1ncc(C(=O)N2CCNCC2)c1C(=O)Nc1cc2nc(-c3ccccc3)cn2cc1N. The largest absolute Gasteiger partial charge is 0.396 e. The highest BCUT2D eigenvalue weighted by atomic mass is 16.2. The van der Waals surface area contributed by atoms with Crippen LogP contribution in [0.15, 0.2) is 55.0 Å². The van der Waals surface area contributed by atoms with Gasteiger partial charge >= 0.3 is 0 Å². The van der Waals surface area contributed by atoms with Gasteiger partial charge in [-0.05, 0) is 0 Å². The number of hydrogen-bond acceptors (Lipinski definition) is 6. The van der Waals surface area contributed by atoms with E-state index in [0.717, 1.165) is 24.3 Å². The normalized spacial score (nSPS) is 13.9. The molecule has 3 aromatic heterocycles. The summed E-state index contributed by atoms with van der Waals surface area (Å²) in [5.74, 6) is -0.668. The third kappa shape index (κ3) is 3.92. The Bertz CT molecular complexity index is 1340. The molecule has 4 aromatic rings. The van der Waals surface area contributed by atoms with Gasteiger partial charge in [0.25, 0.3) is 11.8 Å². The number of anilines is 2. The van der Waals surface area contributed by atoms with Crippen molar-refractivity contribution in [3.63, 3.8) is 0 Å². The van der Waals surface area contributed by atoms with E-state index in [-0.39, 0.29) is 17.2 Å². The average molecular weight is 444 g/mol. The lowest BCUT2D eigenvalue weighted by Gasteiger charge is -2.27. The first-order valence-electron chi connectivity index (χ1n) is 10.7. The molecule has 168 valence electrons. The minimum absolute atomic E-state index is 0.186. The molecule has 0 aliphatic carbocycles. The summed E-state index contributed by atoms with van der Waals surface area (Å²) in [5.41, 5.74) is 9.89. The number of nitrogens with one attached hydrogen (secondary N) is 2. The number of nitrogens with zero attached hydrogens (tertiary/aromatic N) is 5. The fourth-order valence-corrected chi connectivity index (χ4v) is 3.99. The van der Waals surface area contributed by atoms with E-state index in [1.165, 1.54) is 10.9 Å². The van der Waals surface area contributed by atoms with Crippen molar-refractivity contribution in [3.05, 3.63) is 66.2 Å². The fraction of sp³-hybridized carbons (Fsp3) is 0.217. The smallest absolute Gasteiger partial charge is 0.274 e. The number of carbonyl (C=O) groups is 2. The lowest BCUT2D eigenvalue weighted by Crippen LogP contribution is -2.46. The zero-order valence-electron chi connectivity index (χ0n) is 18.2. The Labute approximate surface area is 190 Å². The number of piperazine rings is 1. The van der Waals surface area contributed by atoms with Gasteiger partial charge in [0.2, 0.25) is 0 Å². The van der Waals surface area contributed by atoms with Gasteiger partial charge in [0, 0.05) is 57.3 Å². The van der Waals surface area contributed by atoms with Crippen LogP contribution < -0.4 is 16.4 Å². The van der Waals surface area contributed by atoms with E-state index in [4.69, 9.17) is 5.73 Å². The summed E-state index contributed by atoms with van der Waals surface area (Å²) in [6.07, 6.45) is 5.03. The van der Waals surface area contributed by atoms with E-state index >= 15 is 0 Å². The predicted molar refractivity (Wildman–Crippen MR) is 125 cm³/mol. The first-order chi connectivity index (χ1) is 16.0. The van der Waals surface area contributed by atoms with Crippen LogP contribution in [0.2, 0.25) is 0 Å². The van der Waals surface area contributed by atoms with Gasteiger partial charge in [-0.25, -0.2) is 4.98 Å². The second-order valence-corrected chi connectivity index (χ2v) is 7.93. The molecule has 0 radical (unpaired) electrons. The first-order valence-corrected chi connectivity index (χ1v) is 10.7. The van der Waals surface area contributed by atoms with Gasteiger partial charge in [-0.1, -0.05) is 30.3 Å².